The fraction of sp³-hybridized carbons (Fsp3) is 0.314. The Morgan fingerprint density at radius 2 is 1.53 bits per heavy atom. The van der Waals surface area contributed by atoms with Crippen molar-refractivity contribution in [3.8, 4) is 5.75 Å². The zero-order chi connectivity index (χ0) is 35.3. The van der Waals surface area contributed by atoms with Gasteiger partial charge in [-0.25, -0.2) is 4.79 Å². The first-order chi connectivity index (χ1) is 23.5. The maximum Gasteiger partial charge on any atom is 0.412 e. The number of carbonyl (C=O) groups excluding carboxylic acids is 6. The number of benzene rings is 3. The molecule has 1 aliphatic heterocycles. The van der Waals surface area contributed by atoms with Crippen molar-refractivity contribution in [1.29, 1.82) is 0 Å². The smallest absolute Gasteiger partial charge is 0.410 e. The molecule has 0 spiro atoms. The number of carbonyl (C=O) groups is 6. The molecule has 8 N–H and O–H groups in total. The predicted molar refractivity (Wildman–Crippen MR) is 185 cm³/mol. The highest BCUT2D eigenvalue weighted by Crippen LogP contribution is 2.29. The van der Waals surface area contributed by atoms with Crippen LogP contribution in [-0.4, -0.2) is 70.0 Å². The fourth-order valence-electron chi connectivity index (χ4n) is 5.01. The van der Waals surface area contributed by atoms with Crippen LogP contribution in [0.1, 0.15) is 30.4 Å². The third kappa shape index (κ3) is 11.3. The number of imide groups is 1. The van der Waals surface area contributed by atoms with Crippen LogP contribution >= 0.6 is 11.8 Å². The molecule has 0 bridgehead atoms. The summed E-state index contributed by atoms with van der Waals surface area (Å²) < 4.78 is 5.27. The molecule has 0 aliphatic carbocycles. The molecular formula is C35H40N6O7S. The Morgan fingerprint density at radius 1 is 0.878 bits per heavy atom. The molecule has 14 heteroatoms. The van der Waals surface area contributed by atoms with Gasteiger partial charge >= 0.3 is 6.09 Å². The Balaban J connectivity index is 1.15. The molecule has 49 heavy (non-hydrogen) atoms. The minimum Gasteiger partial charge on any atom is -0.410 e. The second kappa shape index (κ2) is 17.9. The van der Waals surface area contributed by atoms with Gasteiger partial charge in [-0.15, -0.1) is 11.8 Å². The lowest BCUT2D eigenvalue weighted by atomic mass is 9.98. The second-order valence-electron chi connectivity index (χ2n) is 11.6. The van der Waals surface area contributed by atoms with Crippen LogP contribution in [0.4, 0.5) is 10.5 Å². The van der Waals surface area contributed by atoms with Gasteiger partial charge < -0.3 is 32.6 Å². The summed E-state index contributed by atoms with van der Waals surface area (Å²) in [7, 11) is 0. The summed E-state index contributed by atoms with van der Waals surface area (Å²) in [6.07, 6.45) is -0.629. The largest absolute Gasteiger partial charge is 0.412 e. The van der Waals surface area contributed by atoms with Crippen molar-refractivity contribution < 1.29 is 33.5 Å². The van der Waals surface area contributed by atoms with E-state index >= 15 is 0 Å². The van der Waals surface area contributed by atoms with Gasteiger partial charge in [0.05, 0.1) is 29.8 Å². The van der Waals surface area contributed by atoms with Crippen LogP contribution in [0.15, 0.2) is 84.9 Å². The van der Waals surface area contributed by atoms with Crippen molar-refractivity contribution in [3.63, 3.8) is 0 Å². The van der Waals surface area contributed by atoms with Gasteiger partial charge in [-0.3, -0.25) is 28.9 Å². The number of anilines is 1. The maximum absolute atomic E-state index is 12.9. The highest BCUT2D eigenvalue weighted by molar-refractivity contribution is 8.00. The summed E-state index contributed by atoms with van der Waals surface area (Å²) in [5.74, 6) is -2.65. The number of nitrogens with two attached hydrogens (primary N) is 3. The molecule has 0 saturated carbocycles. The van der Waals surface area contributed by atoms with Crippen molar-refractivity contribution in [1.82, 2.24) is 10.2 Å². The number of ketones is 1. The highest BCUT2D eigenvalue weighted by Gasteiger charge is 2.39. The molecule has 1 heterocycles. The number of amides is 5. The van der Waals surface area contributed by atoms with Crippen molar-refractivity contribution in [2.24, 2.45) is 23.1 Å². The molecular weight excluding hydrogens is 648 g/mol. The zero-order valence-electron chi connectivity index (χ0n) is 26.8. The van der Waals surface area contributed by atoms with Gasteiger partial charge in [0.2, 0.25) is 23.6 Å². The quantitative estimate of drug-likeness (QED) is 0.130. The van der Waals surface area contributed by atoms with Crippen molar-refractivity contribution >= 4 is 53.0 Å². The summed E-state index contributed by atoms with van der Waals surface area (Å²) in [5.41, 5.74) is 19.9. The van der Waals surface area contributed by atoms with Gasteiger partial charge in [0, 0.05) is 30.8 Å². The third-order valence-electron chi connectivity index (χ3n) is 7.84. The van der Waals surface area contributed by atoms with Crippen LogP contribution in [-0.2, 0) is 36.9 Å². The number of likely N-dealkylation sites (tertiary alicyclic amines) is 1. The van der Waals surface area contributed by atoms with Crippen LogP contribution in [0.3, 0.4) is 0 Å². The van der Waals surface area contributed by atoms with E-state index in [-0.39, 0.29) is 68.0 Å². The van der Waals surface area contributed by atoms with Crippen molar-refractivity contribution in [2.45, 2.75) is 49.6 Å². The number of Topliss-reactive ketones (excluding diaryl/α,β-unsaturated/α-hetero) is 1. The topological polar surface area (TPSA) is 217 Å². The Bertz CT molecular complexity index is 1620. The molecule has 258 valence electrons. The summed E-state index contributed by atoms with van der Waals surface area (Å²) in [4.78, 5) is 76.1. The Hall–Kier alpha value is -5.05. The number of para-hydroxylation sites is 1. The molecule has 3 aromatic rings. The van der Waals surface area contributed by atoms with E-state index in [1.807, 2.05) is 36.4 Å². The molecule has 5 amide bonds. The summed E-state index contributed by atoms with van der Waals surface area (Å²) in [6, 6.07) is 22.9. The number of thioether (sulfide) groups is 1. The van der Waals surface area contributed by atoms with Crippen LogP contribution in [0.5, 0.6) is 5.75 Å². The van der Waals surface area contributed by atoms with Gasteiger partial charge in [-0.05, 0) is 48.2 Å². The normalized spacial score (nSPS) is 16.0. The van der Waals surface area contributed by atoms with Crippen molar-refractivity contribution in [3.05, 3.63) is 96.1 Å². The number of primary amides is 1. The lowest BCUT2D eigenvalue weighted by molar-refractivity contribution is -0.139. The van der Waals surface area contributed by atoms with E-state index in [1.54, 1.807) is 48.5 Å². The van der Waals surface area contributed by atoms with Crippen molar-refractivity contribution in [2.75, 3.05) is 17.6 Å². The van der Waals surface area contributed by atoms with Crippen LogP contribution < -0.4 is 32.6 Å². The van der Waals surface area contributed by atoms with Gasteiger partial charge in [-0.2, -0.15) is 0 Å². The summed E-state index contributed by atoms with van der Waals surface area (Å²) >= 11 is 1.12. The average molecular weight is 689 g/mol. The van der Waals surface area contributed by atoms with Crippen LogP contribution in [0.2, 0.25) is 0 Å². The molecule has 1 saturated heterocycles. The number of rotatable bonds is 17. The van der Waals surface area contributed by atoms with Gasteiger partial charge in [0.15, 0.2) is 0 Å². The number of hydrogen-bond acceptors (Lipinski definition) is 10. The van der Waals surface area contributed by atoms with E-state index in [9.17, 15) is 28.8 Å². The van der Waals surface area contributed by atoms with E-state index in [4.69, 9.17) is 21.9 Å². The third-order valence-corrected chi connectivity index (χ3v) is 9.21. The Morgan fingerprint density at radius 3 is 2.18 bits per heavy atom. The second-order valence-corrected chi connectivity index (χ2v) is 12.9. The minimum atomic E-state index is -0.981. The number of nitrogens with zero attached hydrogens (tertiary/aromatic N) is 1. The van der Waals surface area contributed by atoms with E-state index in [1.165, 1.54) is 4.90 Å². The molecule has 0 radical (unpaired) electrons. The summed E-state index contributed by atoms with van der Waals surface area (Å²) in [6.45, 7) is 0.198. The maximum atomic E-state index is 12.9. The van der Waals surface area contributed by atoms with E-state index in [2.05, 4.69) is 10.6 Å². The van der Waals surface area contributed by atoms with Crippen LogP contribution in [0, 0.1) is 5.92 Å². The molecule has 1 aliphatic rings. The van der Waals surface area contributed by atoms with Gasteiger partial charge in [0.25, 0.3) is 0 Å². The monoisotopic (exact) mass is 688 g/mol. The summed E-state index contributed by atoms with van der Waals surface area (Å²) in [5, 5.41) is 4.62. The first-order valence-electron chi connectivity index (χ1n) is 15.7. The molecule has 3 aromatic carbocycles. The van der Waals surface area contributed by atoms with E-state index in [0.29, 0.717) is 5.69 Å². The first-order valence-corrected chi connectivity index (χ1v) is 16.8. The standard InChI is InChI=1S/C35H40N6O7S/c36-27(29(42)18-24(32(38)44)21-49-30-19-31(43)41(34(30)46)20-23-7-3-1-4-8-23)15-16-39-35(47)48-26-13-11-22(12-14-26)17-28(37)33(45)40-25-9-5-2-6-10-25/h1-14,24,27-28,30H,15-21,36-37H2,(H2,38,44)(H,39,47)(H,40,45)/t24-,27-,28-,30?/m0/s1. The molecule has 0 aromatic heterocycles. The molecule has 4 rings (SSSR count). The highest BCUT2D eigenvalue weighted by atomic mass is 32.2. The lowest BCUT2D eigenvalue weighted by Gasteiger charge is -2.18. The average Bonchev–Trinajstić information content (AvgIpc) is 3.35. The Kier molecular flexibility index (Phi) is 13.4. The van der Waals surface area contributed by atoms with Gasteiger partial charge in [-0.1, -0.05) is 60.7 Å². The molecule has 13 nitrogen and oxygen atoms in total. The van der Waals surface area contributed by atoms with E-state index < -0.39 is 41.0 Å². The van der Waals surface area contributed by atoms with Crippen LogP contribution in [0.25, 0.3) is 0 Å². The predicted octanol–water partition coefficient (Wildman–Crippen LogP) is 2.12. The lowest BCUT2D eigenvalue weighted by Crippen LogP contribution is -2.39. The number of ether oxygens (including phenoxy) is 1. The number of hydrogen-bond donors (Lipinski definition) is 5. The molecule has 1 unspecified atom stereocenters. The van der Waals surface area contributed by atoms with E-state index in [0.717, 1.165) is 22.9 Å². The fourth-order valence-corrected chi connectivity index (χ4v) is 6.29. The number of nitrogens with one attached hydrogen (secondary N) is 2. The Labute approximate surface area is 288 Å². The zero-order valence-corrected chi connectivity index (χ0v) is 27.6. The first kappa shape index (κ1) is 36.8. The SMILES string of the molecule is NC(=O)[C@H](CSC1CC(=O)N(Cc2ccccc2)C1=O)CC(=O)[C@@H](N)CCNC(=O)Oc1ccc(C[C@H](N)C(=O)Nc2ccccc2)cc1. The molecule has 4 atom stereocenters. The minimum absolute atomic E-state index is 0.00324. The van der Waals surface area contributed by atoms with Gasteiger partial charge in [0.1, 0.15) is 11.5 Å². The molecule has 1 fully saturated rings.